The molecule has 2 bridgehead atoms. The summed E-state index contributed by atoms with van der Waals surface area (Å²) in [6.07, 6.45) is 2.68. The molecule has 0 saturated heterocycles. The number of hydrogen-bond donors (Lipinski definition) is 1. The summed E-state index contributed by atoms with van der Waals surface area (Å²) in [4.78, 5) is 31.4. The Bertz CT molecular complexity index is 288. The minimum atomic E-state index is -0.889. The number of fused-ring (bicyclic) bond motifs is 2. The highest BCUT2D eigenvalue weighted by molar-refractivity contribution is 5.82. The van der Waals surface area contributed by atoms with Crippen LogP contribution in [0.4, 0.5) is 0 Å². The van der Waals surface area contributed by atoms with E-state index in [4.69, 9.17) is 5.11 Å². The monoisotopic (exact) mass is 214 g/mol. The van der Waals surface area contributed by atoms with E-state index in [0.717, 1.165) is 19.3 Å². The predicted molar refractivity (Wildman–Crippen MR) is 48.5 cm³/mol. The van der Waals surface area contributed by atoms with E-state index in [0.29, 0.717) is 0 Å². The quantitative estimate of drug-likeness (QED) is 0.556. The van der Waals surface area contributed by atoms with E-state index in [9.17, 15) is 9.59 Å². The lowest BCUT2D eigenvalue weighted by atomic mass is 9.79. The highest BCUT2D eigenvalue weighted by atomic mass is 17.2. The maximum atomic E-state index is 11.5. The van der Waals surface area contributed by atoms with Gasteiger partial charge in [-0.25, -0.2) is 4.79 Å². The molecule has 0 aromatic rings. The van der Waals surface area contributed by atoms with Crippen molar-refractivity contribution in [1.82, 2.24) is 0 Å². The van der Waals surface area contributed by atoms with Crippen molar-refractivity contribution in [2.45, 2.75) is 19.3 Å². The summed E-state index contributed by atoms with van der Waals surface area (Å²) in [6, 6.07) is 0. The molecule has 84 valence electrons. The molecule has 15 heavy (non-hydrogen) atoms. The second kappa shape index (κ2) is 3.81. The van der Waals surface area contributed by atoms with E-state index in [1.165, 1.54) is 7.11 Å². The summed E-state index contributed by atoms with van der Waals surface area (Å²) in [5.74, 6) is -2.20. The molecule has 0 spiro atoms. The Morgan fingerprint density at radius 2 is 1.80 bits per heavy atom. The van der Waals surface area contributed by atoms with E-state index < -0.39 is 23.8 Å². The number of rotatable bonds is 3. The third kappa shape index (κ3) is 1.61. The van der Waals surface area contributed by atoms with Crippen LogP contribution in [0.5, 0.6) is 0 Å². The molecule has 2 aliphatic rings. The van der Waals surface area contributed by atoms with Crippen LogP contribution in [-0.2, 0) is 19.4 Å². The molecule has 4 unspecified atom stereocenters. The van der Waals surface area contributed by atoms with Crippen LogP contribution in [0.15, 0.2) is 0 Å². The molecule has 4 atom stereocenters. The van der Waals surface area contributed by atoms with Gasteiger partial charge in [0.15, 0.2) is 0 Å². The summed E-state index contributed by atoms with van der Waals surface area (Å²) in [5.41, 5.74) is 0. The van der Waals surface area contributed by atoms with Crippen molar-refractivity contribution < 1.29 is 24.5 Å². The average Bonchev–Trinajstić information content (AvgIpc) is 2.76. The Balaban J connectivity index is 2.14. The number of hydrogen-bond acceptors (Lipinski definition) is 4. The van der Waals surface area contributed by atoms with Crippen molar-refractivity contribution in [1.29, 1.82) is 0 Å². The molecule has 0 aliphatic heterocycles. The Hall–Kier alpha value is -1.10. The molecule has 0 aromatic heterocycles. The first-order valence-corrected chi connectivity index (χ1v) is 5.12. The number of carbonyl (C=O) groups excluding carboxylic acids is 1. The Morgan fingerprint density at radius 3 is 2.33 bits per heavy atom. The standard InChI is InChI=1S/C10H14O5/c1-14-15-10(13)8-6-3-2-5(4-6)7(8)9(11)12/h5-8H,2-4H2,1H3,(H,11,12). The van der Waals surface area contributed by atoms with Crippen LogP contribution in [0.2, 0.25) is 0 Å². The van der Waals surface area contributed by atoms with Gasteiger partial charge in [-0.15, -0.1) is 0 Å². The third-order valence-electron chi connectivity index (χ3n) is 3.64. The molecule has 0 heterocycles. The van der Waals surface area contributed by atoms with E-state index in [-0.39, 0.29) is 11.8 Å². The van der Waals surface area contributed by atoms with Crippen molar-refractivity contribution in [2.75, 3.05) is 7.11 Å². The molecule has 0 aromatic carbocycles. The molecule has 2 saturated carbocycles. The molecule has 0 amide bonds. The van der Waals surface area contributed by atoms with Crippen LogP contribution in [0.3, 0.4) is 0 Å². The van der Waals surface area contributed by atoms with Crippen molar-refractivity contribution in [3.8, 4) is 0 Å². The highest BCUT2D eigenvalue weighted by Gasteiger charge is 2.55. The van der Waals surface area contributed by atoms with E-state index in [1.54, 1.807) is 0 Å². The van der Waals surface area contributed by atoms with Gasteiger partial charge in [-0.3, -0.25) is 9.68 Å². The Morgan fingerprint density at radius 1 is 1.20 bits per heavy atom. The molecule has 5 nitrogen and oxygen atoms in total. The van der Waals surface area contributed by atoms with Gasteiger partial charge in [0.05, 0.1) is 18.9 Å². The lowest BCUT2D eigenvalue weighted by Crippen LogP contribution is -2.35. The van der Waals surface area contributed by atoms with Crippen molar-refractivity contribution in [2.24, 2.45) is 23.7 Å². The first kappa shape index (κ1) is 10.4. The largest absolute Gasteiger partial charge is 0.481 e. The van der Waals surface area contributed by atoms with Gasteiger partial charge >= 0.3 is 11.9 Å². The molecule has 2 rings (SSSR count). The first-order chi connectivity index (χ1) is 7.15. The third-order valence-corrected chi connectivity index (χ3v) is 3.64. The fraction of sp³-hybridized carbons (Fsp3) is 0.800. The summed E-state index contributed by atoms with van der Waals surface area (Å²) >= 11 is 0. The topological polar surface area (TPSA) is 72.8 Å². The highest BCUT2D eigenvalue weighted by Crippen LogP contribution is 2.52. The predicted octanol–water partition coefficient (Wildman–Crippen LogP) is 0.838. The fourth-order valence-corrected chi connectivity index (χ4v) is 3.12. The van der Waals surface area contributed by atoms with Crippen LogP contribution in [0.1, 0.15) is 19.3 Å². The van der Waals surface area contributed by atoms with Gasteiger partial charge in [0.2, 0.25) is 0 Å². The van der Waals surface area contributed by atoms with Crippen LogP contribution in [-0.4, -0.2) is 24.2 Å². The smallest absolute Gasteiger partial charge is 0.346 e. The number of carbonyl (C=O) groups is 2. The Labute approximate surface area is 87.3 Å². The van der Waals surface area contributed by atoms with Crippen molar-refractivity contribution >= 4 is 11.9 Å². The van der Waals surface area contributed by atoms with Gasteiger partial charge < -0.3 is 5.11 Å². The zero-order chi connectivity index (χ0) is 11.0. The maximum Gasteiger partial charge on any atom is 0.346 e. The maximum absolute atomic E-state index is 11.5. The Kier molecular flexibility index (Phi) is 2.65. The summed E-state index contributed by atoms with van der Waals surface area (Å²) in [7, 11) is 1.25. The first-order valence-electron chi connectivity index (χ1n) is 5.12. The molecular formula is C10H14O5. The van der Waals surface area contributed by atoms with Gasteiger partial charge in [-0.2, -0.15) is 4.89 Å². The molecule has 1 N–H and O–H groups in total. The zero-order valence-corrected chi connectivity index (χ0v) is 8.51. The molecular weight excluding hydrogens is 200 g/mol. The van der Waals surface area contributed by atoms with Crippen molar-refractivity contribution in [3.05, 3.63) is 0 Å². The molecule has 0 radical (unpaired) electrons. The number of aliphatic carboxylic acids is 1. The lowest BCUT2D eigenvalue weighted by Gasteiger charge is -2.25. The van der Waals surface area contributed by atoms with Gasteiger partial charge in [0.25, 0.3) is 0 Å². The second-order valence-electron chi connectivity index (χ2n) is 4.29. The summed E-state index contributed by atoms with van der Waals surface area (Å²) in [5, 5.41) is 9.07. The van der Waals surface area contributed by atoms with Crippen LogP contribution in [0.25, 0.3) is 0 Å². The minimum Gasteiger partial charge on any atom is -0.481 e. The average molecular weight is 214 g/mol. The van der Waals surface area contributed by atoms with Crippen LogP contribution < -0.4 is 0 Å². The van der Waals surface area contributed by atoms with Gasteiger partial charge in [0, 0.05) is 0 Å². The zero-order valence-electron chi connectivity index (χ0n) is 8.51. The second-order valence-corrected chi connectivity index (χ2v) is 4.29. The summed E-state index contributed by atoms with van der Waals surface area (Å²) < 4.78 is 0. The van der Waals surface area contributed by atoms with Crippen molar-refractivity contribution in [3.63, 3.8) is 0 Å². The fourth-order valence-electron chi connectivity index (χ4n) is 3.12. The minimum absolute atomic E-state index is 0.141. The van der Waals surface area contributed by atoms with Gasteiger partial charge in [-0.1, -0.05) is 0 Å². The van der Waals surface area contributed by atoms with Crippen LogP contribution in [0, 0.1) is 23.7 Å². The number of carboxylic acids is 1. The van der Waals surface area contributed by atoms with E-state index in [1.807, 2.05) is 0 Å². The van der Waals surface area contributed by atoms with Gasteiger partial charge in [-0.05, 0) is 31.1 Å². The summed E-state index contributed by atoms with van der Waals surface area (Å²) in [6.45, 7) is 0. The van der Waals surface area contributed by atoms with Gasteiger partial charge in [0.1, 0.15) is 0 Å². The normalized spacial score (nSPS) is 37.9. The van der Waals surface area contributed by atoms with E-state index >= 15 is 0 Å². The van der Waals surface area contributed by atoms with E-state index in [2.05, 4.69) is 9.78 Å². The number of carboxylic acid groups (broad SMARTS) is 1. The lowest BCUT2D eigenvalue weighted by molar-refractivity contribution is -0.262. The molecule has 2 fully saturated rings. The van der Waals surface area contributed by atoms with Crippen LogP contribution >= 0.6 is 0 Å². The molecule has 5 heteroatoms. The molecule has 2 aliphatic carbocycles. The SMILES string of the molecule is COOC(=O)C1C2CCC(C2)C1C(=O)O.